The Morgan fingerprint density at radius 2 is 1.90 bits per heavy atom. The van der Waals surface area contributed by atoms with Crippen molar-refractivity contribution >= 4 is 5.97 Å². The molecule has 0 spiro atoms. The van der Waals surface area contributed by atoms with Crippen LogP contribution in [0.2, 0.25) is 0 Å². The van der Waals surface area contributed by atoms with Crippen LogP contribution >= 0.6 is 0 Å². The van der Waals surface area contributed by atoms with Crippen LogP contribution in [0.4, 0.5) is 0 Å². The highest BCUT2D eigenvalue weighted by molar-refractivity contribution is 5.87. The van der Waals surface area contributed by atoms with E-state index in [2.05, 4.69) is 6.58 Å². The van der Waals surface area contributed by atoms with Crippen molar-refractivity contribution in [2.24, 2.45) is 0 Å². The standard InChI is InChI=1S/C16H26O5/c1-10(2)14(17)19-13(11-7-8-15(3,4)20-11)12-9-18-16(5,6)21-12/h11-13H,1,7-9H2,2-6H3. The Balaban J connectivity index is 2.11. The minimum atomic E-state index is -0.660. The van der Waals surface area contributed by atoms with E-state index in [9.17, 15) is 4.79 Å². The molecule has 120 valence electrons. The Bertz CT molecular complexity index is 400. The maximum absolute atomic E-state index is 11.9. The number of carbonyl (C=O) groups excluding carboxylic acids is 1. The van der Waals surface area contributed by atoms with Gasteiger partial charge in [0.25, 0.3) is 0 Å². The van der Waals surface area contributed by atoms with Crippen molar-refractivity contribution in [3.8, 4) is 0 Å². The molecular formula is C16H26O5. The molecule has 0 amide bonds. The van der Waals surface area contributed by atoms with Crippen LogP contribution in [0.25, 0.3) is 0 Å². The van der Waals surface area contributed by atoms with Crippen LogP contribution in [0.5, 0.6) is 0 Å². The molecule has 2 heterocycles. The van der Waals surface area contributed by atoms with Crippen LogP contribution in [0.15, 0.2) is 12.2 Å². The Kier molecular flexibility index (Phi) is 4.47. The summed E-state index contributed by atoms with van der Waals surface area (Å²) in [7, 11) is 0. The van der Waals surface area contributed by atoms with Crippen molar-refractivity contribution in [3.63, 3.8) is 0 Å². The fraction of sp³-hybridized carbons (Fsp3) is 0.812. The second-order valence-electron chi connectivity index (χ2n) is 6.97. The topological polar surface area (TPSA) is 54.0 Å². The molecule has 3 atom stereocenters. The average Bonchev–Trinajstić information content (AvgIpc) is 2.88. The van der Waals surface area contributed by atoms with Crippen LogP contribution in [-0.2, 0) is 23.7 Å². The molecule has 0 aliphatic carbocycles. The third kappa shape index (κ3) is 4.05. The average molecular weight is 298 g/mol. The van der Waals surface area contributed by atoms with E-state index >= 15 is 0 Å². The summed E-state index contributed by atoms with van der Waals surface area (Å²) in [5.41, 5.74) is 0.170. The minimum absolute atomic E-state index is 0.175. The van der Waals surface area contributed by atoms with Gasteiger partial charge in [-0.2, -0.15) is 0 Å². The highest BCUT2D eigenvalue weighted by Crippen LogP contribution is 2.36. The Morgan fingerprint density at radius 1 is 1.24 bits per heavy atom. The zero-order valence-corrected chi connectivity index (χ0v) is 13.6. The highest BCUT2D eigenvalue weighted by atomic mass is 16.8. The normalized spacial score (nSPS) is 31.9. The van der Waals surface area contributed by atoms with E-state index in [1.54, 1.807) is 6.92 Å². The lowest BCUT2D eigenvalue weighted by Crippen LogP contribution is -2.44. The van der Waals surface area contributed by atoms with Crippen molar-refractivity contribution < 1.29 is 23.7 Å². The minimum Gasteiger partial charge on any atom is -0.453 e. The molecule has 0 aromatic rings. The molecule has 21 heavy (non-hydrogen) atoms. The van der Waals surface area contributed by atoms with E-state index in [4.69, 9.17) is 18.9 Å². The first-order valence-corrected chi connectivity index (χ1v) is 7.46. The van der Waals surface area contributed by atoms with Gasteiger partial charge in [0.1, 0.15) is 6.10 Å². The highest BCUT2D eigenvalue weighted by Gasteiger charge is 2.46. The first-order valence-electron chi connectivity index (χ1n) is 7.46. The van der Waals surface area contributed by atoms with Crippen molar-refractivity contribution in [2.75, 3.05) is 6.61 Å². The lowest BCUT2D eigenvalue weighted by Gasteiger charge is -2.30. The lowest BCUT2D eigenvalue weighted by atomic mass is 10.0. The Morgan fingerprint density at radius 3 is 2.33 bits per heavy atom. The summed E-state index contributed by atoms with van der Waals surface area (Å²) in [5, 5.41) is 0. The van der Waals surface area contributed by atoms with Gasteiger partial charge in [0.2, 0.25) is 0 Å². The summed E-state index contributed by atoms with van der Waals surface area (Å²) >= 11 is 0. The lowest BCUT2D eigenvalue weighted by molar-refractivity contribution is -0.185. The predicted molar refractivity (Wildman–Crippen MR) is 77.8 cm³/mol. The quantitative estimate of drug-likeness (QED) is 0.590. The smallest absolute Gasteiger partial charge is 0.333 e. The summed E-state index contributed by atoms with van der Waals surface area (Å²) in [4.78, 5) is 11.9. The first kappa shape index (κ1) is 16.5. The van der Waals surface area contributed by atoms with Crippen LogP contribution in [0, 0.1) is 0 Å². The fourth-order valence-electron chi connectivity index (χ4n) is 2.74. The van der Waals surface area contributed by atoms with Gasteiger partial charge in [-0.15, -0.1) is 0 Å². The zero-order valence-electron chi connectivity index (χ0n) is 13.6. The van der Waals surface area contributed by atoms with Gasteiger partial charge in [-0.3, -0.25) is 0 Å². The Hall–Kier alpha value is -0.910. The largest absolute Gasteiger partial charge is 0.453 e. The van der Waals surface area contributed by atoms with Gasteiger partial charge in [0.05, 0.1) is 18.3 Å². The molecule has 2 saturated heterocycles. The van der Waals surface area contributed by atoms with E-state index in [1.807, 2.05) is 27.7 Å². The molecular weight excluding hydrogens is 272 g/mol. The fourth-order valence-corrected chi connectivity index (χ4v) is 2.74. The predicted octanol–water partition coefficient (Wildman–Crippen LogP) is 2.58. The SMILES string of the molecule is C=C(C)C(=O)OC(C1CCC(C)(C)O1)C1COC(C)(C)O1. The maximum Gasteiger partial charge on any atom is 0.333 e. The van der Waals surface area contributed by atoms with E-state index in [1.165, 1.54) is 0 Å². The van der Waals surface area contributed by atoms with Crippen LogP contribution in [-0.4, -0.2) is 42.3 Å². The third-order valence-corrected chi connectivity index (χ3v) is 3.86. The van der Waals surface area contributed by atoms with Gasteiger partial charge in [-0.1, -0.05) is 6.58 Å². The van der Waals surface area contributed by atoms with Crippen LogP contribution in [0.1, 0.15) is 47.5 Å². The van der Waals surface area contributed by atoms with Gasteiger partial charge >= 0.3 is 5.97 Å². The number of hydrogen-bond acceptors (Lipinski definition) is 5. The molecule has 2 rings (SSSR count). The second-order valence-corrected chi connectivity index (χ2v) is 6.97. The molecule has 3 unspecified atom stereocenters. The summed E-state index contributed by atoms with van der Waals surface area (Å²) in [6.45, 7) is 13.4. The van der Waals surface area contributed by atoms with Crippen molar-refractivity contribution in [1.29, 1.82) is 0 Å². The van der Waals surface area contributed by atoms with Gasteiger partial charge in [0, 0.05) is 5.57 Å². The third-order valence-electron chi connectivity index (χ3n) is 3.86. The molecule has 5 nitrogen and oxygen atoms in total. The van der Waals surface area contributed by atoms with Gasteiger partial charge < -0.3 is 18.9 Å². The molecule has 0 radical (unpaired) electrons. The summed E-state index contributed by atoms with van der Waals surface area (Å²) in [6.07, 6.45) is 0.794. The number of ether oxygens (including phenoxy) is 4. The molecule has 0 bridgehead atoms. The molecule has 2 aliphatic heterocycles. The molecule has 0 saturated carbocycles. The van der Waals surface area contributed by atoms with Gasteiger partial charge in [-0.05, 0) is 47.5 Å². The second kappa shape index (κ2) is 5.71. The van der Waals surface area contributed by atoms with E-state index in [0.29, 0.717) is 12.2 Å². The van der Waals surface area contributed by atoms with E-state index < -0.39 is 17.9 Å². The van der Waals surface area contributed by atoms with Crippen molar-refractivity contribution in [1.82, 2.24) is 0 Å². The Labute approximate surface area is 126 Å². The number of esters is 1. The van der Waals surface area contributed by atoms with Crippen LogP contribution in [0.3, 0.4) is 0 Å². The molecule has 2 aliphatic rings. The monoisotopic (exact) mass is 298 g/mol. The number of rotatable bonds is 4. The molecule has 0 aromatic carbocycles. The summed E-state index contributed by atoms with van der Waals surface area (Å²) in [5.74, 6) is -1.08. The van der Waals surface area contributed by atoms with Gasteiger partial charge in [0.15, 0.2) is 11.9 Å². The van der Waals surface area contributed by atoms with Gasteiger partial charge in [-0.25, -0.2) is 4.79 Å². The van der Waals surface area contributed by atoms with E-state index in [-0.39, 0.29) is 17.8 Å². The summed E-state index contributed by atoms with van der Waals surface area (Å²) in [6, 6.07) is 0. The first-order chi connectivity index (χ1) is 9.60. The number of hydrogen-bond donors (Lipinski definition) is 0. The maximum atomic E-state index is 11.9. The molecule has 0 aromatic heterocycles. The zero-order chi connectivity index (χ0) is 15.8. The molecule has 5 heteroatoms. The van der Waals surface area contributed by atoms with Crippen LogP contribution < -0.4 is 0 Å². The molecule has 0 N–H and O–H groups in total. The van der Waals surface area contributed by atoms with E-state index in [0.717, 1.165) is 12.8 Å². The van der Waals surface area contributed by atoms with Crippen molar-refractivity contribution in [3.05, 3.63) is 12.2 Å². The molecule has 2 fully saturated rings. The van der Waals surface area contributed by atoms with Crippen molar-refractivity contribution in [2.45, 2.75) is 77.2 Å². The number of carbonyl (C=O) groups is 1. The summed E-state index contributed by atoms with van der Waals surface area (Å²) < 4.78 is 23.1.